The van der Waals surface area contributed by atoms with E-state index in [9.17, 15) is 0 Å². The molecule has 0 fully saturated rings. The van der Waals surface area contributed by atoms with Crippen molar-refractivity contribution in [3.63, 3.8) is 0 Å². The van der Waals surface area contributed by atoms with Crippen LogP contribution in [0.15, 0.2) is 0 Å². The number of rotatable bonds is 34. The molecule has 0 saturated carbocycles. The van der Waals surface area contributed by atoms with Crippen LogP contribution in [0.25, 0.3) is 0 Å². The van der Waals surface area contributed by atoms with Gasteiger partial charge in [0.1, 0.15) is 0 Å². The summed E-state index contributed by atoms with van der Waals surface area (Å²) in [5.74, 6) is 0.948. The standard InChI is InChI=1S/C38H78/c1-4-6-7-8-9-10-11-12-13-14-15-16-17-18-19-20-21-22-23-24-25-26-27-28-29-30-31-32-33-34-35-36-37-38(3)5-2/h38H,4-37H2,1-3H3. The topological polar surface area (TPSA) is 0 Å². The molecule has 0 aliphatic rings. The van der Waals surface area contributed by atoms with Crippen LogP contribution in [0, 0.1) is 5.92 Å². The van der Waals surface area contributed by atoms with E-state index in [0.29, 0.717) is 0 Å². The highest BCUT2D eigenvalue weighted by Crippen LogP contribution is 2.17. The normalized spacial score (nSPS) is 12.4. The van der Waals surface area contributed by atoms with Gasteiger partial charge in [-0.25, -0.2) is 0 Å². The first kappa shape index (κ1) is 38.0. The molecule has 0 heterocycles. The third-order valence-electron chi connectivity index (χ3n) is 9.25. The molecule has 0 rings (SSSR count). The summed E-state index contributed by atoms with van der Waals surface area (Å²) >= 11 is 0. The molecule has 230 valence electrons. The maximum atomic E-state index is 2.41. The van der Waals surface area contributed by atoms with Gasteiger partial charge in [-0.3, -0.25) is 0 Å². The Bertz CT molecular complexity index is 385. The van der Waals surface area contributed by atoms with Crippen molar-refractivity contribution < 1.29 is 0 Å². The Hall–Kier alpha value is 0. The highest BCUT2D eigenvalue weighted by Gasteiger charge is 1.99. The summed E-state index contributed by atoms with van der Waals surface area (Å²) in [5.41, 5.74) is 0. The van der Waals surface area contributed by atoms with Crippen LogP contribution in [0.2, 0.25) is 0 Å². The Morgan fingerprint density at radius 1 is 0.263 bits per heavy atom. The molecule has 0 aromatic heterocycles. The van der Waals surface area contributed by atoms with E-state index in [4.69, 9.17) is 0 Å². The van der Waals surface area contributed by atoms with Crippen LogP contribution in [-0.4, -0.2) is 0 Å². The molecule has 0 nitrogen and oxygen atoms in total. The highest BCUT2D eigenvalue weighted by atomic mass is 14.1. The van der Waals surface area contributed by atoms with E-state index in [1.165, 1.54) is 218 Å². The Morgan fingerprint density at radius 3 is 0.632 bits per heavy atom. The Kier molecular flexibility index (Phi) is 35.0. The lowest BCUT2D eigenvalue weighted by Crippen LogP contribution is -1.91. The molecular formula is C38H78. The van der Waals surface area contributed by atoms with Gasteiger partial charge >= 0.3 is 0 Å². The van der Waals surface area contributed by atoms with E-state index in [1.807, 2.05) is 0 Å². The fraction of sp³-hybridized carbons (Fsp3) is 1.00. The summed E-state index contributed by atoms with van der Waals surface area (Å²) in [7, 11) is 0. The zero-order chi connectivity index (χ0) is 27.6. The van der Waals surface area contributed by atoms with Crippen molar-refractivity contribution in [1.29, 1.82) is 0 Å². The van der Waals surface area contributed by atoms with Gasteiger partial charge in [-0.15, -0.1) is 0 Å². The van der Waals surface area contributed by atoms with Crippen LogP contribution < -0.4 is 0 Å². The summed E-state index contributed by atoms with van der Waals surface area (Å²) in [6.45, 7) is 7.04. The molecule has 0 saturated heterocycles. The van der Waals surface area contributed by atoms with Gasteiger partial charge in [0.25, 0.3) is 0 Å². The third-order valence-corrected chi connectivity index (χ3v) is 9.25. The molecule has 0 heteroatoms. The van der Waals surface area contributed by atoms with E-state index in [-0.39, 0.29) is 0 Å². The summed E-state index contributed by atoms with van der Waals surface area (Å²) in [5, 5.41) is 0. The lowest BCUT2D eigenvalue weighted by atomic mass is 9.99. The van der Waals surface area contributed by atoms with Crippen molar-refractivity contribution in [2.24, 2.45) is 5.92 Å². The maximum Gasteiger partial charge on any atom is -0.0445 e. The molecule has 1 atom stereocenters. The van der Waals surface area contributed by atoms with Gasteiger partial charge in [0, 0.05) is 0 Å². The molecule has 0 aromatic carbocycles. The van der Waals surface area contributed by atoms with Gasteiger partial charge < -0.3 is 0 Å². The van der Waals surface area contributed by atoms with Crippen LogP contribution in [0.5, 0.6) is 0 Å². The lowest BCUT2D eigenvalue weighted by Gasteiger charge is -2.07. The third kappa shape index (κ3) is 34.0. The van der Waals surface area contributed by atoms with Gasteiger partial charge in [0.15, 0.2) is 0 Å². The van der Waals surface area contributed by atoms with Crippen molar-refractivity contribution in [2.75, 3.05) is 0 Å². The first-order valence-electron chi connectivity index (χ1n) is 18.8. The second kappa shape index (κ2) is 35.0. The molecule has 0 aliphatic carbocycles. The molecule has 1 unspecified atom stereocenters. The Labute approximate surface area is 244 Å². The molecule has 38 heavy (non-hydrogen) atoms. The van der Waals surface area contributed by atoms with Crippen molar-refractivity contribution in [1.82, 2.24) is 0 Å². The molecule has 0 aliphatic heterocycles. The molecule has 0 amide bonds. The van der Waals surface area contributed by atoms with Crippen LogP contribution in [0.1, 0.15) is 239 Å². The second-order valence-electron chi connectivity index (χ2n) is 13.3. The summed E-state index contributed by atoms with van der Waals surface area (Å²) in [6, 6.07) is 0. The Morgan fingerprint density at radius 2 is 0.447 bits per heavy atom. The van der Waals surface area contributed by atoms with Crippen LogP contribution in [0.4, 0.5) is 0 Å². The number of unbranched alkanes of at least 4 members (excludes halogenated alkanes) is 31. The first-order valence-corrected chi connectivity index (χ1v) is 18.8. The van der Waals surface area contributed by atoms with E-state index >= 15 is 0 Å². The fourth-order valence-corrected chi connectivity index (χ4v) is 6.07. The van der Waals surface area contributed by atoms with E-state index in [0.717, 1.165) is 5.92 Å². The molecule has 0 N–H and O–H groups in total. The summed E-state index contributed by atoms with van der Waals surface area (Å²) in [6.07, 6.45) is 50.3. The lowest BCUT2D eigenvalue weighted by molar-refractivity contribution is 0.468. The quantitative estimate of drug-likeness (QED) is 0.0720. The zero-order valence-corrected chi connectivity index (χ0v) is 27.6. The minimum atomic E-state index is 0.948. The van der Waals surface area contributed by atoms with Crippen LogP contribution in [0.3, 0.4) is 0 Å². The number of hydrogen-bond acceptors (Lipinski definition) is 0. The predicted octanol–water partition coefficient (Wildman–Crippen LogP) is 14.9. The largest absolute Gasteiger partial charge is 0.0654 e. The van der Waals surface area contributed by atoms with Gasteiger partial charge in [0.05, 0.1) is 0 Å². The average molecular weight is 535 g/mol. The molecular weight excluding hydrogens is 456 g/mol. The van der Waals surface area contributed by atoms with Crippen LogP contribution in [-0.2, 0) is 0 Å². The summed E-state index contributed by atoms with van der Waals surface area (Å²) in [4.78, 5) is 0. The van der Waals surface area contributed by atoms with E-state index in [1.54, 1.807) is 0 Å². The average Bonchev–Trinajstić information content (AvgIpc) is 2.93. The first-order chi connectivity index (χ1) is 18.8. The zero-order valence-electron chi connectivity index (χ0n) is 27.6. The van der Waals surface area contributed by atoms with Gasteiger partial charge in [-0.05, 0) is 5.92 Å². The monoisotopic (exact) mass is 535 g/mol. The van der Waals surface area contributed by atoms with Crippen molar-refractivity contribution in [3.8, 4) is 0 Å². The molecule has 0 radical (unpaired) electrons. The van der Waals surface area contributed by atoms with E-state index in [2.05, 4.69) is 20.8 Å². The van der Waals surface area contributed by atoms with Gasteiger partial charge in [-0.2, -0.15) is 0 Å². The smallest absolute Gasteiger partial charge is 0.0445 e. The minimum absolute atomic E-state index is 0.948. The van der Waals surface area contributed by atoms with Gasteiger partial charge in [0.2, 0.25) is 0 Å². The van der Waals surface area contributed by atoms with E-state index < -0.39 is 0 Å². The SMILES string of the molecule is CCCCCCCCCCCCCCCCCCCCCCCCCCCCCCCCCCC(C)CC. The Balaban J connectivity index is 3.03. The highest BCUT2D eigenvalue weighted by molar-refractivity contribution is 4.54. The minimum Gasteiger partial charge on any atom is -0.0654 e. The van der Waals surface area contributed by atoms with Crippen LogP contribution >= 0.6 is 0 Å². The number of hydrogen-bond donors (Lipinski definition) is 0. The van der Waals surface area contributed by atoms with Crippen molar-refractivity contribution in [2.45, 2.75) is 239 Å². The van der Waals surface area contributed by atoms with Crippen molar-refractivity contribution >= 4 is 0 Å². The predicted molar refractivity (Wildman–Crippen MR) is 177 cm³/mol. The summed E-state index contributed by atoms with van der Waals surface area (Å²) < 4.78 is 0. The molecule has 0 spiro atoms. The second-order valence-corrected chi connectivity index (χ2v) is 13.3. The van der Waals surface area contributed by atoms with Crippen molar-refractivity contribution in [3.05, 3.63) is 0 Å². The molecule has 0 aromatic rings. The van der Waals surface area contributed by atoms with Gasteiger partial charge in [-0.1, -0.05) is 239 Å². The molecule has 0 bridgehead atoms. The maximum absolute atomic E-state index is 2.41. The fourth-order valence-electron chi connectivity index (χ4n) is 6.07.